The Morgan fingerprint density at radius 2 is 1.83 bits per heavy atom. The topological polar surface area (TPSA) is 24.5 Å². The van der Waals surface area contributed by atoms with Gasteiger partial charge in [-0.2, -0.15) is 0 Å². The first-order valence-electron chi connectivity index (χ1n) is 7.70. The lowest BCUT2D eigenvalue weighted by atomic mass is 9.76. The normalized spacial score (nSPS) is 22.7. The van der Waals surface area contributed by atoms with Gasteiger partial charge in [0.25, 0.3) is 0 Å². The van der Waals surface area contributed by atoms with Crippen molar-refractivity contribution < 1.29 is 4.74 Å². The second-order valence-electron chi connectivity index (χ2n) is 5.37. The highest BCUT2D eigenvalue weighted by Gasteiger charge is 2.43. The molecule has 0 aromatic rings. The van der Waals surface area contributed by atoms with Crippen LogP contribution in [0.25, 0.3) is 0 Å². The standard InChI is InChI=1S/C15H32N2O/c1-6-15(7-2,17(8-3)9-4)14(16-5)13-10-11-18-12-13/h13-14,16H,6-12H2,1-5H3. The molecular weight excluding hydrogens is 224 g/mol. The molecule has 18 heavy (non-hydrogen) atoms. The predicted molar refractivity (Wildman–Crippen MR) is 78.0 cm³/mol. The van der Waals surface area contributed by atoms with Crippen LogP contribution in [0, 0.1) is 5.92 Å². The van der Waals surface area contributed by atoms with E-state index in [9.17, 15) is 0 Å². The Bertz CT molecular complexity index is 219. The molecule has 108 valence electrons. The minimum absolute atomic E-state index is 0.274. The molecule has 2 unspecified atom stereocenters. The van der Waals surface area contributed by atoms with Gasteiger partial charge in [0, 0.05) is 24.1 Å². The van der Waals surface area contributed by atoms with Gasteiger partial charge in [0.2, 0.25) is 0 Å². The second kappa shape index (κ2) is 7.46. The maximum Gasteiger partial charge on any atom is 0.0510 e. The largest absolute Gasteiger partial charge is 0.381 e. The van der Waals surface area contributed by atoms with Crippen molar-refractivity contribution in [3.05, 3.63) is 0 Å². The van der Waals surface area contributed by atoms with Crippen LogP contribution in [-0.4, -0.2) is 49.8 Å². The molecule has 2 atom stereocenters. The molecule has 1 saturated heterocycles. The summed E-state index contributed by atoms with van der Waals surface area (Å²) < 4.78 is 5.61. The monoisotopic (exact) mass is 256 g/mol. The first kappa shape index (κ1) is 15.9. The van der Waals surface area contributed by atoms with Gasteiger partial charge < -0.3 is 10.1 Å². The van der Waals surface area contributed by atoms with Crippen LogP contribution in [-0.2, 0) is 4.74 Å². The van der Waals surface area contributed by atoms with Gasteiger partial charge in [-0.3, -0.25) is 4.90 Å². The maximum absolute atomic E-state index is 5.61. The summed E-state index contributed by atoms with van der Waals surface area (Å²) in [6.45, 7) is 13.3. The van der Waals surface area contributed by atoms with Crippen LogP contribution in [0.15, 0.2) is 0 Å². The smallest absolute Gasteiger partial charge is 0.0510 e. The van der Waals surface area contributed by atoms with Crippen LogP contribution >= 0.6 is 0 Å². The van der Waals surface area contributed by atoms with Crippen LogP contribution in [0.5, 0.6) is 0 Å². The number of nitrogens with zero attached hydrogens (tertiary/aromatic N) is 1. The van der Waals surface area contributed by atoms with Crippen LogP contribution in [0.3, 0.4) is 0 Å². The van der Waals surface area contributed by atoms with Crippen LogP contribution in [0.2, 0.25) is 0 Å². The molecule has 1 N–H and O–H groups in total. The van der Waals surface area contributed by atoms with E-state index in [2.05, 4.69) is 45.0 Å². The second-order valence-corrected chi connectivity index (χ2v) is 5.37. The molecule has 1 aliphatic rings. The molecule has 0 spiro atoms. The first-order chi connectivity index (χ1) is 8.69. The van der Waals surface area contributed by atoms with Crippen LogP contribution in [0.1, 0.15) is 47.0 Å². The minimum Gasteiger partial charge on any atom is -0.381 e. The Morgan fingerprint density at radius 1 is 1.22 bits per heavy atom. The van der Waals surface area contributed by atoms with E-state index in [4.69, 9.17) is 4.74 Å². The number of hydrogen-bond acceptors (Lipinski definition) is 3. The van der Waals surface area contributed by atoms with Crippen molar-refractivity contribution >= 4 is 0 Å². The highest BCUT2D eigenvalue weighted by Crippen LogP contribution is 2.34. The fourth-order valence-corrected chi connectivity index (χ4v) is 3.95. The molecule has 0 amide bonds. The summed E-state index contributed by atoms with van der Waals surface area (Å²) in [6.07, 6.45) is 3.61. The van der Waals surface area contributed by atoms with Gasteiger partial charge in [0.05, 0.1) is 6.61 Å². The van der Waals surface area contributed by atoms with E-state index < -0.39 is 0 Å². The summed E-state index contributed by atoms with van der Waals surface area (Å²) in [6, 6.07) is 0.537. The molecule has 0 saturated carbocycles. The third kappa shape index (κ3) is 2.89. The van der Waals surface area contributed by atoms with Crippen LogP contribution in [0.4, 0.5) is 0 Å². The van der Waals surface area contributed by atoms with Gasteiger partial charge in [-0.15, -0.1) is 0 Å². The quantitative estimate of drug-likeness (QED) is 0.722. The summed E-state index contributed by atoms with van der Waals surface area (Å²) in [4.78, 5) is 2.65. The van der Waals surface area contributed by atoms with Gasteiger partial charge in [0.1, 0.15) is 0 Å². The third-order valence-electron chi connectivity index (χ3n) is 4.94. The predicted octanol–water partition coefficient (Wildman–Crippen LogP) is 2.51. The van der Waals surface area contributed by atoms with E-state index in [0.717, 1.165) is 26.3 Å². The molecule has 0 aliphatic carbocycles. The minimum atomic E-state index is 0.274. The molecule has 1 heterocycles. The van der Waals surface area contributed by atoms with Crippen LogP contribution < -0.4 is 5.32 Å². The van der Waals surface area contributed by atoms with Crippen molar-refractivity contribution in [2.75, 3.05) is 33.4 Å². The lowest BCUT2D eigenvalue weighted by Crippen LogP contribution is -2.62. The van der Waals surface area contributed by atoms with E-state index in [1.807, 2.05) is 0 Å². The number of rotatable bonds is 8. The van der Waals surface area contributed by atoms with Crippen molar-refractivity contribution in [1.82, 2.24) is 10.2 Å². The Morgan fingerprint density at radius 3 is 2.17 bits per heavy atom. The van der Waals surface area contributed by atoms with E-state index in [1.54, 1.807) is 0 Å². The SMILES string of the molecule is CCN(CC)C(CC)(CC)C(NC)C1CCOC1. The number of ether oxygens (including phenoxy) is 1. The van der Waals surface area contributed by atoms with Crippen molar-refractivity contribution in [2.24, 2.45) is 5.92 Å². The van der Waals surface area contributed by atoms with Gasteiger partial charge in [-0.25, -0.2) is 0 Å². The molecule has 3 heteroatoms. The molecule has 1 fully saturated rings. The zero-order chi connectivity index (χ0) is 13.6. The fourth-order valence-electron chi connectivity index (χ4n) is 3.95. The fraction of sp³-hybridized carbons (Fsp3) is 1.00. The van der Waals surface area contributed by atoms with E-state index in [0.29, 0.717) is 12.0 Å². The molecule has 0 aromatic heterocycles. The summed E-state index contributed by atoms with van der Waals surface area (Å²) in [5, 5.41) is 3.61. The number of hydrogen-bond donors (Lipinski definition) is 1. The Kier molecular flexibility index (Phi) is 6.61. The summed E-state index contributed by atoms with van der Waals surface area (Å²) in [5.74, 6) is 0.662. The molecular formula is C15H32N2O. The Labute approximate surface area is 113 Å². The van der Waals surface area contributed by atoms with E-state index in [-0.39, 0.29) is 5.54 Å². The highest BCUT2D eigenvalue weighted by atomic mass is 16.5. The van der Waals surface area contributed by atoms with Gasteiger partial charge in [-0.1, -0.05) is 27.7 Å². The zero-order valence-corrected chi connectivity index (χ0v) is 13.0. The Balaban J connectivity index is 2.97. The summed E-state index contributed by atoms with van der Waals surface area (Å²) in [7, 11) is 2.12. The molecule has 0 bridgehead atoms. The molecule has 0 aromatic carbocycles. The Hall–Kier alpha value is -0.120. The number of likely N-dealkylation sites (N-methyl/N-ethyl adjacent to an activating group) is 2. The average Bonchev–Trinajstić information content (AvgIpc) is 2.92. The van der Waals surface area contributed by atoms with Gasteiger partial charge >= 0.3 is 0 Å². The molecule has 1 rings (SSSR count). The third-order valence-corrected chi connectivity index (χ3v) is 4.94. The molecule has 1 aliphatic heterocycles. The highest BCUT2D eigenvalue weighted by molar-refractivity contribution is 5.01. The van der Waals surface area contributed by atoms with E-state index in [1.165, 1.54) is 19.3 Å². The van der Waals surface area contributed by atoms with Crippen molar-refractivity contribution in [2.45, 2.75) is 58.5 Å². The van der Waals surface area contributed by atoms with Crippen molar-refractivity contribution in [1.29, 1.82) is 0 Å². The molecule has 3 nitrogen and oxygen atoms in total. The van der Waals surface area contributed by atoms with Crippen molar-refractivity contribution in [3.8, 4) is 0 Å². The lowest BCUT2D eigenvalue weighted by Gasteiger charge is -2.49. The maximum atomic E-state index is 5.61. The average molecular weight is 256 g/mol. The number of nitrogens with one attached hydrogen (secondary N) is 1. The van der Waals surface area contributed by atoms with E-state index >= 15 is 0 Å². The summed E-state index contributed by atoms with van der Waals surface area (Å²) in [5.41, 5.74) is 0.274. The van der Waals surface area contributed by atoms with Gasteiger partial charge in [-0.05, 0) is 39.4 Å². The summed E-state index contributed by atoms with van der Waals surface area (Å²) >= 11 is 0. The van der Waals surface area contributed by atoms with Gasteiger partial charge in [0.15, 0.2) is 0 Å². The zero-order valence-electron chi connectivity index (χ0n) is 13.0. The van der Waals surface area contributed by atoms with Crippen molar-refractivity contribution in [3.63, 3.8) is 0 Å². The first-order valence-corrected chi connectivity index (χ1v) is 7.70. The lowest BCUT2D eigenvalue weighted by molar-refractivity contribution is 0.0265. The molecule has 0 radical (unpaired) electrons.